The van der Waals surface area contributed by atoms with Gasteiger partial charge in [0, 0.05) is 25.7 Å². The maximum Gasteiger partial charge on any atom is 0.472 e. The van der Waals surface area contributed by atoms with Crippen molar-refractivity contribution in [3.8, 4) is 0 Å². The molecule has 570 valence electrons. The monoisotopic (exact) mass is 1410 g/mol. The standard InChI is InChI=1S/C77H150O17P2/c1-8-11-12-41-51-58-74(79)87-64-72(93-77(82)61-54-47-40-34-33-37-44-50-57-70(7)10-3)66-91-95(83,84)89-62-71(78)63-90-96(85,86)92-67-73(65-88-75(80)59-52-45-38-31-27-23-20-19-21-25-29-35-42-48-55-68(4)5)94-76(81)60-53-46-39-32-28-24-18-16-14-13-15-17-22-26-30-36-43-49-56-69(6)9-2/h68-73,78H,8-67H2,1-7H3,(H,83,84)(H,85,86)/t69?,70?,71-,72+,73+/m0/s1. The Hall–Kier alpha value is -1.94. The first kappa shape index (κ1) is 94.1. The summed E-state index contributed by atoms with van der Waals surface area (Å²) in [5.74, 6) is 0.310. The fourth-order valence-electron chi connectivity index (χ4n) is 11.7. The van der Waals surface area contributed by atoms with Gasteiger partial charge in [0.25, 0.3) is 0 Å². The Kier molecular flexibility index (Phi) is 66.2. The molecule has 4 unspecified atom stereocenters. The van der Waals surface area contributed by atoms with Crippen LogP contribution in [0.3, 0.4) is 0 Å². The Balaban J connectivity index is 5.12. The Morgan fingerprint density at radius 3 is 0.792 bits per heavy atom. The molecular formula is C77H150O17P2. The normalized spacial score (nSPS) is 14.6. The zero-order valence-corrected chi connectivity index (χ0v) is 64.6. The molecule has 0 aliphatic carbocycles. The maximum absolute atomic E-state index is 13.1. The molecule has 0 saturated heterocycles. The molecule has 0 aromatic rings. The summed E-state index contributed by atoms with van der Waals surface area (Å²) in [7, 11) is -9.90. The largest absolute Gasteiger partial charge is 0.472 e. The van der Waals surface area contributed by atoms with Crippen molar-refractivity contribution in [1.29, 1.82) is 0 Å². The van der Waals surface area contributed by atoms with Gasteiger partial charge in [-0.25, -0.2) is 9.13 Å². The highest BCUT2D eigenvalue weighted by atomic mass is 31.2. The molecule has 0 amide bonds. The average molecular weight is 1410 g/mol. The van der Waals surface area contributed by atoms with Crippen LogP contribution in [0, 0.1) is 17.8 Å². The predicted molar refractivity (Wildman–Crippen MR) is 391 cm³/mol. The number of rotatable bonds is 75. The summed E-state index contributed by atoms with van der Waals surface area (Å²) in [4.78, 5) is 72.5. The molecule has 19 heteroatoms. The summed E-state index contributed by atoms with van der Waals surface area (Å²) in [5, 5.41) is 10.6. The van der Waals surface area contributed by atoms with Crippen molar-refractivity contribution in [3.63, 3.8) is 0 Å². The highest BCUT2D eigenvalue weighted by Crippen LogP contribution is 2.45. The number of carbonyl (C=O) groups is 4. The van der Waals surface area contributed by atoms with Crippen LogP contribution in [0.5, 0.6) is 0 Å². The zero-order valence-electron chi connectivity index (χ0n) is 62.8. The van der Waals surface area contributed by atoms with E-state index in [1.807, 2.05) is 0 Å². The van der Waals surface area contributed by atoms with Gasteiger partial charge in [-0.2, -0.15) is 0 Å². The molecule has 0 aromatic heterocycles. The summed E-state index contributed by atoms with van der Waals surface area (Å²) in [5.41, 5.74) is 0. The summed E-state index contributed by atoms with van der Waals surface area (Å²) >= 11 is 0. The predicted octanol–water partition coefficient (Wildman–Crippen LogP) is 22.6. The smallest absolute Gasteiger partial charge is 0.462 e. The highest BCUT2D eigenvalue weighted by Gasteiger charge is 2.30. The van der Waals surface area contributed by atoms with E-state index in [1.165, 1.54) is 199 Å². The van der Waals surface area contributed by atoms with Crippen molar-refractivity contribution in [1.82, 2.24) is 0 Å². The zero-order chi connectivity index (χ0) is 70.9. The quantitative estimate of drug-likeness (QED) is 0.0222. The van der Waals surface area contributed by atoms with Gasteiger partial charge in [-0.15, -0.1) is 0 Å². The second-order valence-corrected chi connectivity index (χ2v) is 31.6. The van der Waals surface area contributed by atoms with Crippen molar-refractivity contribution in [3.05, 3.63) is 0 Å². The molecule has 0 spiro atoms. The van der Waals surface area contributed by atoms with Gasteiger partial charge in [0.15, 0.2) is 12.2 Å². The fraction of sp³-hybridized carbons (Fsp3) is 0.948. The second kappa shape index (κ2) is 67.5. The van der Waals surface area contributed by atoms with Crippen molar-refractivity contribution in [2.24, 2.45) is 17.8 Å². The van der Waals surface area contributed by atoms with E-state index in [2.05, 4.69) is 48.5 Å². The third-order valence-electron chi connectivity index (χ3n) is 18.6. The average Bonchev–Trinajstić information content (AvgIpc) is 1.51. The topological polar surface area (TPSA) is 237 Å². The van der Waals surface area contributed by atoms with Gasteiger partial charge in [-0.05, 0) is 43.4 Å². The molecule has 0 radical (unpaired) electrons. The lowest BCUT2D eigenvalue weighted by molar-refractivity contribution is -0.161. The van der Waals surface area contributed by atoms with Crippen LogP contribution in [-0.2, 0) is 65.4 Å². The van der Waals surface area contributed by atoms with E-state index < -0.39 is 97.5 Å². The first-order valence-electron chi connectivity index (χ1n) is 39.9. The minimum atomic E-state index is -4.96. The fourth-order valence-corrected chi connectivity index (χ4v) is 13.3. The molecular weight excluding hydrogens is 1260 g/mol. The molecule has 0 heterocycles. The molecule has 0 aliphatic heterocycles. The lowest BCUT2D eigenvalue weighted by Gasteiger charge is -2.21. The molecule has 0 saturated carbocycles. The van der Waals surface area contributed by atoms with Crippen molar-refractivity contribution < 1.29 is 80.2 Å². The number of phosphoric acid groups is 2. The van der Waals surface area contributed by atoms with Crippen LogP contribution in [0.1, 0.15) is 395 Å². The van der Waals surface area contributed by atoms with Gasteiger partial charge in [0.1, 0.15) is 19.3 Å². The Bertz CT molecular complexity index is 1870. The molecule has 3 N–H and O–H groups in total. The Labute approximate surface area is 588 Å². The molecule has 0 fully saturated rings. The van der Waals surface area contributed by atoms with Crippen LogP contribution in [0.25, 0.3) is 0 Å². The number of unbranched alkanes of at least 4 members (excludes halogenated alkanes) is 41. The highest BCUT2D eigenvalue weighted by molar-refractivity contribution is 7.47. The molecule has 17 nitrogen and oxygen atoms in total. The van der Waals surface area contributed by atoms with E-state index >= 15 is 0 Å². The van der Waals surface area contributed by atoms with Gasteiger partial charge in [0.05, 0.1) is 26.4 Å². The maximum atomic E-state index is 13.1. The van der Waals surface area contributed by atoms with Crippen LogP contribution in [0.15, 0.2) is 0 Å². The summed E-state index contributed by atoms with van der Waals surface area (Å²) in [6, 6.07) is 0. The minimum Gasteiger partial charge on any atom is -0.462 e. The number of ether oxygens (including phenoxy) is 4. The van der Waals surface area contributed by atoms with Crippen molar-refractivity contribution in [2.45, 2.75) is 414 Å². The summed E-state index contributed by atoms with van der Waals surface area (Å²) in [6.45, 7) is 11.9. The summed E-state index contributed by atoms with van der Waals surface area (Å²) < 4.78 is 68.3. The van der Waals surface area contributed by atoms with Crippen LogP contribution in [-0.4, -0.2) is 96.7 Å². The first-order chi connectivity index (χ1) is 46.3. The Morgan fingerprint density at radius 1 is 0.302 bits per heavy atom. The number of phosphoric ester groups is 2. The molecule has 0 rings (SSSR count). The van der Waals surface area contributed by atoms with Crippen LogP contribution in [0.4, 0.5) is 0 Å². The minimum absolute atomic E-state index is 0.104. The van der Waals surface area contributed by atoms with Crippen LogP contribution >= 0.6 is 15.6 Å². The number of esters is 4. The van der Waals surface area contributed by atoms with Crippen LogP contribution < -0.4 is 0 Å². The van der Waals surface area contributed by atoms with E-state index in [4.69, 9.17) is 37.0 Å². The third kappa shape index (κ3) is 67.9. The third-order valence-corrected chi connectivity index (χ3v) is 20.5. The van der Waals surface area contributed by atoms with Crippen molar-refractivity contribution in [2.75, 3.05) is 39.6 Å². The molecule has 96 heavy (non-hydrogen) atoms. The second-order valence-electron chi connectivity index (χ2n) is 28.7. The lowest BCUT2D eigenvalue weighted by atomic mass is 9.99. The van der Waals surface area contributed by atoms with Gasteiger partial charge < -0.3 is 33.8 Å². The van der Waals surface area contributed by atoms with E-state index in [0.29, 0.717) is 25.7 Å². The van der Waals surface area contributed by atoms with E-state index in [0.717, 1.165) is 114 Å². The van der Waals surface area contributed by atoms with Gasteiger partial charge >= 0.3 is 39.5 Å². The van der Waals surface area contributed by atoms with Crippen LogP contribution in [0.2, 0.25) is 0 Å². The SMILES string of the molecule is CCCCCCCC(=O)OC[C@H](COP(=O)(O)OC[C@H](O)COP(=O)(O)OC[C@@H](COC(=O)CCCCCCCCCCCCCCCCC(C)C)OC(=O)CCCCCCCCCCCCCCCCCCCCC(C)CC)OC(=O)CCCCCCCCCCC(C)CC. The number of carbonyl (C=O) groups excluding carboxylic acids is 4. The van der Waals surface area contributed by atoms with Gasteiger partial charge in [-0.1, -0.05) is 344 Å². The molecule has 7 atom stereocenters. The summed E-state index contributed by atoms with van der Waals surface area (Å²) in [6.07, 6.45) is 54.6. The number of hydrogen-bond acceptors (Lipinski definition) is 15. The number of aliphatic hydroxyl groups excluding tert-OH is 1. The van der Waals surface area contributed by atoms with Gasteiger partial charge in [-0.3, -0.25) is 37.3 Å². The lowest BCUT2D eigenvalue weighted by Crippen LogP contribution is -2.30. The van der Waals surface area contributed by atoms with Crippen molar-refractivity contribution >= 4 is 39.5 Å². The number of aliphatic hydroxyl groups is 1. The van der Waals surface area contributed by atoms with E-state index in [-0.39, 0.29) is 25.7 Å². The molecule has 0 aliphatic rings. The van der Waals surface area contributed by atoms with E-state index in [1.54, 1.807) is 0 Å². The first-order valence-corrected chi connectivity index (χ1v) is 42.9. The van der Waals surface area contributed by atoms with E-state index in [9.17, 15) is 43.2 Å². The molecule has 0 aromatic carbocycles. The molecule has 0 bridgehead atoms. The Morgan fingerprint density at radius 2 is 0.531 bits per heavy atom. The van der Waals surface area contributed by atoms with Gasteiger partial charge in [0.2, 0.25) is 0 Å². The number of hydrogen-bond donors (Lipinski definition) is 3.